The third kappa shape index (κ3) is 4.64. The number of para-hydroxylation sites is 1. The van der Waals surface area contributed by atoms with Crippen molar-refractivity contribution in [1.29, 1.82) is 0 Å². The average molecular weight is 518 g/mol. The maximum absolute atomic E-state index is 13.9. The van der Waals surface area contributed by atoms with E-state index in [1.807, 2.05) is 44.2 Å². The highest BCUT2D eigenvalue weighted by atomic mass is 32.2. The van der Waals surface area contributed by atoms with Gasteiger partial charge >= 0.3 is 0 Å². The number of hydrogen-bond acceptors (Lipinski definition) is 5. The van der Waals surface area contributed by atoms with Crippen LogP contribution < -0.4 is 9.62 Å². The van der Waals surface area contributed by atoms with E-state index in [1.165, 1.54) is 29.2 Å². The number of aliphatic hydroxyl groups is 1. The maximum Gasteiger partial charge on any atom is 0.273 e. The first-order valence-corrected chi connectivity index (χ1v) is 13.6. The van der Waals surface area contributed by atoms with Gasteiger partial charge in [0.2, 0.25) is 10.0 Å². The highest BCUT2D eigenvalue weighted by Crippen LogP contribution is 2.48. The molecule has 2 heterocycles. The van der Waals surface area contributed by atoms with Gasteiger partial charge in [-0.3, -0.25) is 14.7 Å². The number of carbonyl (C=O) groups excluding carboxylic acids is 1. The summed E-state index contributed by atoms with van der Waals surface area (Å²) in [7, 11) is -3.76. The highest BCUT2D eigenvalue weighted by Gasteiger charge is 2.51. The Bertz CT molecular complexity index is 1560. The normalized spacial score (nSPS) is 17.4. The summed E-state index contributed by atoms with van der Waals surface area (Å²) >= 11 is 0. The first kappa shape index (κ1) is 26.5. The summed E-state index contributed by atoms with van der Waals surface area (Å²) in [5.41, 5.74) is -0.716. The van der Waals surface area contributed by atoms with Crippen molar-refractivity contribution >= 4 is 38.1 Å². The summed E-state index contributed by atoms with van der Waals surface area (Å²) in [5, 5.41) is 13.6. The maximum atomic E-state index is 13.9. The van der Waals surface area contributed by atoms with E-state index in [1.54, 1.807) is 51.4 Å². The SMILES string of the molecule is CC.CC(C)(C)NS(=O)(=O)c1ccc(C2(O)C(=O)N(c3cccc4cnccc34)c3ccccc32)cc1. The van der Waals surface area contributed by atoms with Crippen molar-refractivity contribution in [2.75, 3.05) is 4.90 Å². The minimum absolute atomic E-state index is 0.0527. The minimum Gasteiger partial charge on any atom is -0.372 e. The average Bonchev–Trinajstić information content (AvgIpc) is 3.11. The Labute approximate surface area is 217 Å². The number of benzene rings is 3. The molecule has 3 aromatic carbocycles. The van der Waals surface area contributed by atoms with E-state index in [0.29, 0.717) is 16.9 Å². The van der Waals surface area contributed by atoms with E-state index in [2.05, 4.69) is 9.71 Å². The van der Waals surface area contributed by atoms with E-state index in [0.717, 1.165) is 10.8 Å². The minimum atomic E-state index is -3.76. The number of carbonyl (C=O) groups is 1. The van der Waals surface area contributed by atoms with E-state index < -0.39 is 27.1 Å². The molecule has 1 atom stereocenters. The number of amides is 1. The molecule has 37 heavy (non-hydrogen) atoms. The first-order valence-electron chi connectivity index (χ1n) is 12.2. The van der Waals surface area contributed by atoms with Gasteiger partial charge in [-0.25, -0.2) is 13.1 Å². The number of fused-ring (bicyclic) bond motifs is 2. The molecule has 0 bridgehead atoms. The van der Waals surface area contributed by atoms with Crippen LogP contribution in [0.1, 0.15) is 45.7 Å². The van der Waals surface area contributed by atoms with E-state index in [-0.39, 0.29) is 10.5 Å². The van der Waals surface area contributed by atoms with Crippen LogP contribution >= 0.6 is 0 Å². The molecule has 2 N–H and O–H groups in total. The molecule has 1 amide bonds. The summed E-state index contributed by atoms with van der Waals surface area (Å²) in [5.74, 6) is -0.536. The van der Waals surface area contributed by atoms with Crippen molar-refractivity contribution in [2.45, 2.75) is 50.7 Å². The number of anilines is 2. The fourth-order valence-electron chi connectivity index (χ4n) is 4.52. The quantitative estimate of drug-likeness (QED) is 0.385. The fraction of sp³-hybridized carbons (Fsp3) is 0.241. The summed E-state index contributed by atoms with van der Waals surface area (Å²) < 4.78 is 28.1. The van der Waals surface area contributed by atoms with Crippen LogP contribution in [0, 0.1) is 0 Å². The number of sulfonamides is 1. The number of pyridine rings is 1. The second kappa shape index (κ2) is 9.70. The van der Waals surface area contributed by atoms with Crippen molar-refractivity contribution in [2.24, 2.45) is 0 Å². The molecule has 0 radical (unpaired) electrons. The van der Waals surface area contributed by atoms with Gasteiger partial charge in [0.05, 0.1) is 16.3 Å². The van der Waals surface area contributed by atoms with Crippen LogP contribution in [0.3, 0.4) is 0 Å². The Kier molecular flexibility index (Phi) is 6.94. The third-order valence-electron chi connectivity index (χ3n) is 5.97. The molecule has 1 aliphatic heterocycles. The lowest BCUT2D eigenvalue weighted by Gasteiger charge is -2.25. The molecule has 1 aromatic heterocycles. The van der Waals surface area contributed by atoms with Gasteiger partial charge in [-0.05, 0) is 56.7 Å². The van der Waals surface area contributed by atoms with Crippen molar-refractivity contribution in [3.05, 3.63) is 96.3 Å². The number of nitrogens with one attached hydrogen (secondary N) is 1. The molecule has 0 spiro atoms. The van der Waals surface area contributed by atoms with Crippen LogP contribution in [-0.2, 0) is 20.4 Å². The molecular weight excluding hydrogens is 486 g/mol. The Morgan fingerprint density at radius 3 is 2.22 bits per heavy atom. The van der Waals surface area contributed by atoms with Gasteiger partial charge < -0.3 is 5.11 Å². The van der Waals surface area contributed by atoms with E-state index in [9.17, 15) is 18.3 Å². The Morgan fingerprint density at radius 1 is 0.892 bits per heavy atom. The summed E-state index contributed by atoms with van der Waals surface area (Å²) in [6, 6.07) is 20.3. The van der Waals surface area contributed by atoms with E-state index >= 15 is 0 Å². The number of aromatic nitrogens is 1. The Morgan fingerprint density at radius 2 is 1.54 bits per heavy atom. The van der Waals surface area contributed by atoms with E-state index in [4.69, 9.17) is 0 Å². The Hall–Kier alpha value is -3.59. The molecule has 8 heteroatoms. The molecule has 7 nitrogen and oxygen atoms in total. The lowest BCUT2D eigenvalue weighted by atomic mass is 9.87. The monoisotopic (exact) mass is 517 g/mol. The standard InChI is InChI=1S/C27H25N3O4S.C2H6/c1-26(2,3)29-35(33,34)20-13-11-19(12-14-20)27(32)22-8-4-5-9-24(22)30(25(27)31)23-10-6-7-18-17-28-16-15-21(18)23;1-2/h4-17,29,32H,1-3H3;1-2H3. The predicted octanol–water partition coefficient (Wildman–Crippen LogP) is 5.25. The van der Waals surface area contributed by atoms with Crippen LogP contribution in [-0.4, -0.2) is 30.0 Å². The van der Waals surface area contributed by atoms with Crippen molar-refractivity contribution in [1.82, 2.24) is 9.71 Å². The van der Waals surface area contributed by atoms with Gasteiger partial charge in [0.1, 0.15) is 0 Å². The Balaban J connectivity index is 0.00000156. The molecule has 0 aliphatic carbocycles. The molecule has 5 rings (SSSR count). The first-order chi connectivity index (χ1) is 17.5. The second-order valence-electron chi connectivity index (χ2n) is 9.62. The van der Waals surface area contributed by atoms with Crippen LogP contribution in [0.15, 0.2) is 90.1 Å². The topological polar surface area (TPSA) is 99.6 Å². The zero-order chi connectivity index (χ0) is 27.0. The molecule has 1 aliphatic rings. The molecule has 1 unspecified atom stereocenters. The number of hydrogen-bond donors (Lipinski definition) is 2. The van der Waals surface area contributed by atoms with Crippen LogP contribution in [0.2, 0.25) is 0 Å². The van der Waals surface area contributed by atoms with Gasteiger partial charge in [-0.1, -0.05) is 56.3 Å². The summed E-state index contributed by atoms with van der Waals surface area (Å²) in [4.78, 5) is 19.7. The van der Waals surface area contributed by atoms with Crippen molar-refractivity contribution in [3.63, 3.8) is 0 Å². The van der Waals surface area contributed by atoms with Gasteiger partial charge in [0.15, 0.2) is 5.60 Å². The summed E-state index contributed by atoms with van der Waals surface area (Å²) in [6.07, 6.45) is 3.39. The van der Waals surface area contributed by atoms with Crippen LogP contribution in [0.5, 0.6) is 0 Å². The van der Waals surface area contributed by atoms with Gasteiger partial charge in [0, 0.05) is 34.3 Å². The summed E-state index contributed by atoms with van der Waals surface area (Å²) in [6.45, 7) is 9.27. The van der Waals surface area contributed by atoms with Gasteiger partial charge in [-0.15, -0.1) is 0 Å². The zero-order valence-corrected chi connectivity index (χ0v) is 22.4. The van der Waals surface area contributed by atoms with Crippen LogP contribution in [0.25, 0.3) is 10.8 Å². The molecule has 0 fully saturated rings. The number of nitrogens with zero attached hydrogens (tertiary/aromatic N) is 2. The number of rotatable bonds is 4. The largest absolute Gasteiger partial charge is 0.372 e. The third-order valence-corrected chi connectivity index (χ3v) is 7.74. The highest BCUT2D eigenvalue weighted by molar-refractivity contribution is 7.89. The second-order valence-corrected chi connectivity index (χ2v) is 11.3. The van der Waals surface area contributed by atoms with Crippen molar-refractivity contribution in [3.8, 4) is 0 Å². The van der Waals surface area contributed by atoms with Crippen LogP contribution in [0.4, 0.5) is 11.4 Å². The smallest absolute Gasteiger partial charge is 0.273 e. The molecule has 192 valence electrons. The molecular formula is C29H31N3O4S. The fourth-order valence-corrected chi connectivity index (χ4v) is 5.94. The lowest BCUT2D eigenvalue weighted by molar-refractivity contribution is -0.131. The van der Waals surface area contributed by atoms with Crippen molar-refractivity contribution < 1.29 is 18.3 Å². The molecule has 0 saturated heterocycles. The molecule has 4 aromatic rings. The van der Waals surface area contributed by atoms with Gasteiger partial charge in [-0.2, -0.15) is 0 Å². The zero-order valence-electron chi connectivity index (χ0n) is 21.6. The predicted molar refractivity (Wildman–Crippen MR) is 146 cm³/mol. The van der Waals surface area contributed by atoms with Gasteiger partial charge in [0.25, 0.3) is 5.91 Å². The lowest BCUT2D eigenvalue weighted by Crippen LogP contribution is -2.41. The molecule has 0 saturated carbocycles.